The summed E-state index contributed by atoms with van der Waals surface area (Å²) in [6, 6.07) is 5.64. The van der Waals surface area contributed by atoms with Crippen molar-refractivity contribution in [1.82, 2.24) is 14.9 Å². The fourth-order valence-electron chi connectivity index (χ4n) is 2.63. The first-order chi connectivity index (χ1) is 12.5. The Morgan fingerprint density at radius 2 is 2.04 bits per heavy atom. The summed E-state index contributed by atoms with van der Waals surface area (Å²) in [6.45, 7) is 0.128. The van der Waals surface area contributed by atoms with Crippen molar-refractivity contribution in [3.63, 3.8) is 0 Å². The number of benzene rings is 1. The second-order valence-electron chi connectivity index (χ2n) is 5.71. The van der Waals surface area contributed by atoms with E-state index in [1.54, 1.807) is 24.3 Å². The number of carboxylic acids is 1. The SMILES string of the molecule is CSCC[C@H](C(=O)NCCCC(=O)[O-])n1c(=O)[nH]c2ccccc2c1=O. The van der Waals surface area contributed by atoms with Crippen molar-refractivity contribution >= 4 is 34.5 Å². The molecule has 1 aromatic carbocycles. The molecule has 26 heavy (non-hydrogen) atoms. The molecule has 0 bridgehead atoms. The lowest BCUT2D eigenvalue weighted by molar-refractivity contribution is -0.305. The van der Waals surface area contributed by atoms with Crippen molar-refractivity contribution in [2.24, 2.45) is 0 Å². The fraction of sp³-hybridized carbons (Fsp3) is 0.412. The third kappa shape index (κ3) is 4.75. The Morgan fingerprint density at radius 3 is 2.73 bits per heavy atom. The second kappa shape index (κ2) is 9.23. The quantitative estimate of drug-likeness (QED) is 0.574. The Bertz CT molecular complexity index is 905. The minimum atomic E-state index is -1.19. The number of aromatic amines is 1. The standard InChI is InChI=1S/C17H21N3O5S/c1-26-10-8-13(15(23)18-9-4-7-14(21)22)20-16(24)11-5-2-3-6-12(11)19-17(20)25/h2-3,5-6,13H,4,7-10H2,1H3,(H,18,23)(H,19,25)(H,21,22)/p-1/t13-/m1/s1. The third-order valence-corrected chi connectivity index (χ3v) is 4.55. The molecule has 1 heterocycles. The van der Waals surface area contributed by atoms with Crippen LogP contribution in [-0.4, -0.2) is 40.0 Å². The number of fused-ring (bicyclic) bond motifs is 1. The Kier molecular flexibility index (Phi) is 7.02. The minimum Gasteiger partial charge on any atom is -0.550 e. The molecule has 0 saturated heterocycles. The minimum absolute atomic E-state index is 0.128. The van der Waals surface area contributed by atoms with Crippen LogP contribution in [0.15, 0.2) is 33.9 Å². The Morgan fingerprint density at radius 1 is 1.31 bits per heavy atom. The summed E-state index contributed by atoms with van der Waals surface area (Å²) in [7, 11) is 0. The molecule has 0 unspecified atom stereocenters. The second-order valence-corrected chi connectivity index (χ2v) is 6.70. The highest BCUT2D eigenvalue weighted by atomic mass is 32.2. The number of nitrogens with zero attached hydrogens (tertiary/aromatic N) is 1. The summed E-state index contributed by atoms with van der Waals surface area (Å²) in [5.41, 5.74) is -0.762. The van der Waals surface area contributed by atoms with Gasteiger partial charge < -0.3 is 20.2 Å². The molecule has 2 rings (SSSR count). The number of thioether (sulfide) groups is 1. The Hall–Kier alpha value is -2.55. The number of rotatable bonds is 9. The lowest BCUT2D eigenvalue weighted by Gasteiger charge is -2.18. The number of carbonyl (C=O) groups excluding carboxylic acids is 2. The van der Waals surface area contributed by atoms with Gasteiger partial charge in [0.05, 0.1) is 10.9 Å². The van der Waals surface area contributed by atoms with E-state index in [9.17, 15) is 24.3 Å². The van der Waals surface area contributed by atoms with Gasteiger partial charge in [0, 0.05) is 12.5 Å². The van der Waals surface area contributed by atoms with Gasteiger partial charge >= 0.3 is 5.69 Å². The average Bonchev–Trinajstić information content (AvgIpc) is 2.61. The zero-order valence-electron chi connectivity index (χ0n) is 14.3. The number of hydrogen-bond donors (Lipinski definition) is 2. The van der Waals surface area contributed by atoms with E-state index in [-0.39, 0.29) is 19.4 Å². The lowest BCUT2D eigenvalue weighted by atomic mass is 10.1. The van der Waals surface area contributed by atoms with E-state index in [0.717, 1.165) is 4.57 Å². The van der Waals surface area contributed by atoms with Crippen LogP contribution in [0.3, 0.4) is 0 Å². The smallest absolute Gasteiger partial charge is 0.329 e. The van der Waals surface area contributed by atoms with Gasteiger partial charge in [-0.1, -0.05) is 12.1 Å². The molecule has 8 nitrogen and oxygen atoms in total. The molecule has 0 aliphatic heterocycles. The van der Waals surface area contributed by atoms with Crippen molar-refractivity contribution in [3.8, 4) is 0 Å². The fourth-order valence-corrected chi connectivity index (χ4v) is 3.09. The monoisotopic (exact) mass is 378 g/mol. The number of hydrogen-bond acceptors (Lipinski definition) is 6. The molecule has 1 amide bonds. The Labute approximate surface area is 153 Å². The summed E-state index contributed by atoms with van der Waals surface area (Å²) >= 11 is 1.50. The zero-order valence-corrected chi connectivity index (χ0v) is 15.1. The van der Waals surface area contributed by atoms with Crippen LogP contribution in [0, 0.1) is 0 Å². The van der Waals surface area contributed by atoms with Crippen LogP contribution in [0.25, 0.3) is 10.9 Å². The number of carbonyl (C=O) groups is 2. The number of aromatic nitrogens is 2. The normalized spacial score (nSPS) is 12.0. The van der Waals surface area contributed by atoms with E-state index in [4.69, 9.17) is 0 Å². The summed E-state index contributed by atoms with van der Waals surface area (Å²) in [4.78, 5) is 50.8. The van der Waals surface area contributed by atoms with Gasteiger partial charge in [0.25, 0.3) is 5.56 Å². The van der Waals surface area contributed by atoms with Crippen molar-refractivity contribution in [1.29, 1.82) is 0 Å². The zero-order chi connectivity index (χ0) is 19.1. The summed E-state index contributed by atoms with van der Waals surface area (Å²) in [5.74, 6) is -1.10. The van der Waals surface area contributed by atoms with E-state index in [1.165, 1.54) is 11.8 Å². The number of nitrogens with one attached hydrogen (secondary N) is 2. The summed E-state index contributed by atoms with van der Waals surface area (Å²) in [5, 5.41) is 13.4. The first-order valence-corrected chi connectivity index (χ1v) is 9.55. The van der Waals surface area contributed by atoms with Gasteiger partial charge in [0.1, 0.15) is 6.04 Å². The largest absolute Gasteiger partial charge is 0.550 e. The molecular formula is C17H20N3O5S-. The van der Waals surface area contributed by atoms with Crippen molar-refractivity contribution < 1.29 is 14.7 Å². The maximum absolute atomic E-state index is 12.7. The topological polar surface area (TPSA) is 124 Å². The molecule has 0 aliphatic rings. The molecule has 2 aromatic rings. The first kappa shape index (κ1) is 19.8. The molecule has 1 atom stereocenters. The molecule has 9 heteroatoms. The molecular weight excluding hydrogens is 358 g/mol. The predicted octanol–water partition coefficient (Wildman–Crippen LogP) is -0.370. The molecule has 2 N–H and O–H groups in total. The highest BCUT2D eigenvalue weighted by molar-refractivity contribution is 7.98. The first-order valence-electron chi connectivity index (χ1n) is 8.15. The summed E-state index contributed by atoms with van der Waals surface area (Å²) in [6.07, 6.45) is 2.20. The molecule has 1 aromatic heterocycles. The van der Waals surface area contributed by atoms with E-state index < -0.39 is 29.2 Å². The van der Waals surface area contributed by atoms with Crippen molar-refractivity contribution in [2.45, 2.75) is 25.3 Å². The molecule has 0 radical (unpaired) electrons. The van der Waals surface area contributed by atoms with Crippen LogP contribution in [-0.2, 0) is 9.59 Å². The molecule has 0 spiro atoms. The van der Waals surface area contributed by atoms with Gasteiger partial charge in [-0.25, -0.2) is 9.36 Å². The van der Waals surface area contributed by atoms with Gasteiger partial charge in [-0.2, -0.15) is 11.8 Å². The van der Waals surface area contributed by atoms with Crippen LogP contribution >= 0.6 is 11.8 Å². The number of aliphatic carboxylic acids is 1. The van der Waals surface area contributed by atoms with E-state index >= 15 is 0 Å². The van der Waals surface area contributed by atoms with Gasteiger partial charge in [0.2, 0.25) is 5.91 Å². The van der Waals surface area contributed by atoms with Gasteiger partial charge in [-0.15, -0.1) is 0 Å². The van der Waals surface area contributed by atoms with Crippen LogP contribution in [0.5, 0.6) is 0 Å². The van der Waals surface area contributed by atoms with Crippen LogP contribution in [0.1, 0.15) is 25.3 Å². The van der Waals surface area contributed by atoms with Crippen molar-refractivity contribution in [2.75, 3.05) is 18.6 Å². The lowest BCUT2D eigenvalue weighted by Crippen LogP contribution is -2.45. The molecule has 0 saturated carbocycles. The maximum atomic E-state index is 12.7. The van der Waals surface area contributed by atoms with Crippen LogP contribution < -0.4 is 21.7 Å². The highest BCUT2D eigenvalue weighted by Crippen LogP contribution is 2.13. The van der Waals surface area contributed by atoms with Gasteiger partial charge in [-0.3, -0.25) is 9.59 Å². The number of amides is 1. The van der Waals surface area contributed by atoms with E-state index in [1.807, 2.05) is 6.26 Å². The molecule has 0 fully saturated rings. The van der Waals surface area contributed by atoms with Crippen molar-refractivity contribution in [3.05, 3.63) is 45.1 Å². The predicted molar refractivity (Wildman–Crippen MR) is 98.1 cm³/mol. The van der Waals surface area contributed by atoms with Gasteiger partial charge in [0.15, 0.2) is 0 Å². The van der Waals surface area contributed by atoms with Crippen LogP contribution in [0.2, 0.25) is 0 Å². The van der Waals surface area contributed by atoms with E-state index in [2.05, 4.69) is 10.3 Å². The van der Waals surface area contributed by atoms with Gasteiger partial charge in [-0.05, 0) is 43.4 Å². The molecule has 0 aliphatic carbocycles. The number of carboxylic acid groups (broad SMARTS) is 1. The average molecular weight is 378 g/mol. The summed E-state index contributed by atoms with van der Waals surface area (Å²) < 4.78 is 0.937. The number of para-hydroxylation sites is 1. The van der Waals surface area contributed by atoms with E-state index in [0.29, 0.717) is 23.1 Å². The molecule has 140 valence electrons. The maximum Gasteiger partial charge on any atom is 0.329 e. The Balaban J connectivity index is 2.33. The third-order valence-electron chi connectivity index (χ3n) is 3.90. The highest BCUT2D eigenvalue weighted by Gasteiger charge is 2.24. The van der Waals surface area contributed by atoms with Crippen LogP contribution in [0.4, 0.5) is 0 Å². The number of H-pyrrole nitrogens is 1.